The minimum absolute atomic E-state index is 0.0526. The van der Waals surface area contributed by atoms with Crippen molar-refractivity contribution in [2.75, 3.05) is 20.1 Å². The summed E-state index contributed by atoms with van der Waals surface area (Å²) in [5.41, 5.74) is 0.659. The van der Waals surface area contributed by atoms with E-state index in [0.717, 1.165) is 19.5 Å². The third-order valence-electron chi connectivity index (χ3n) is 2.85. The van der Waals surface area contributed by atoms with Crippen LogP contribution >= 0.6 is 0 Å². The average Bonchev–Trinajstić information content (AvgIpc) is 2.85. The molecule has 5 heteroatoms. The lowest BCUT2D eigenvalue weighted by Gasteiger charge is -2.22. The predicted molar refractivity (Wildman–Crippen MR) is 56.6 cm³/mol. The topological polar surface area (TPSA) is 50.2 Å². The van der Waals surface area contributed by atoms with Gasteiger partial charge in [0.05, 0.1) is 11.8 Å². The second kappa shape index (κ2) is 4.02. The Morgan fingerprint density at radius 1 is 1.73 bits per heavy atom. The first-order valence-electron chi connectivity index (χ1n) is 5.15. The van der Waals surface area contributed by atoms with E-state index in [1.165, 1.54) is 0 Å². The molecule has 1 saturated heterocycles. The van der Waals surface area contributed by atoms with Crippen molar-refractivity contribution >= 4 is 5.91 Å². The minimum Gasteiger partial charge on any atom is -0.337 e. The fourth-order valence-electron chi connectivity index (χ4n) is 1.87. The number of likely N-dealkylation sites (N-methyl/N-ethyl adjacent to an activating group) is 1. The van der Waals surface area contributed by atoms with E-state index >= 15 is 0 Å². The van der Waals surface area contributed by atoms with Crippen LogP contribution < -0.4 is 5.32 Å². The molecule has 1 amide bonds. The number of aromatic nitrogens is 2. The predicted octanol–water partition coefficient (Wildman–Crippen LogP) is -0.146. The third kappa shape index (κ3) is 2.02. The summed E-state index contributed by atoms with van der Waals surface area (Å²) in [6.07, 6.45) is 4.39. The maximum absolute atomic E-state index is 12.0. The zero-order chi connectivity index (χ0) is 10.8. The van der Waals surface area contributed by atoms with Crippen LogP contribution in [0.15, 0.2) is 12.4 Å². The minimum atomic E-state index is 0.0526. The molecule has 0 aromatic carbocycles. The van der Waals surface area contributed by atoms with Gasteiger partial charge in [-0.1, -0.05) is 0 Å². The van der Waals surface area contributed by atoms with Crippen LogP contribution in [0.3, 0.4) is 0 Å². The first-order chi connectivity index (χ1) is 7.18. The van der Waals surface area contributed by atoms with Crippen LogP contribution in [0.1, 0.15) is 16.8 Å². The number of nitrogens with one attached hydrogen (secondary N) is 1. The van der Waals surface area contributed by atoms with Crippen molar-refractivity contribution in [2.24, 2.45) is 7.05 Å². The summed E-state index contributed by atoms with van der Waals surface area (Å²) in [5.74, 6) is 0.0526. The Hall–Kier alpha value is -1.36. The number of aryl methyl sites for hydroxylation is 1. The standard InChI is InChI=1S/C10H16N4O/c1-13-7-8(5-12-13)10(15)14(2)9-3-4-11-6-9/h5,7,9,11H,3-4,6H2,1-2H3. The lowest BCUT2D eigenvalue weighted by Crippen LogP contribution is -2.38. The van der Waals surface area contributed by atoms with E-state index < -0.39 is 0 Å². The van der Waals surface area contributed by atoms with Crippen LogP contribution in [0.5, 0.6) is 0 Å². The van der Waals surface area contributed by atoms with Crippen LogP contribution in [0.2, 0.25) is 0 Å². The van der Waals surface area contributed by atoms with Crippen molar-refractivity contribution in [3.63, 3.8) is 0 Å². The molecule has 82 valence electrons. The van der Waals surface area contributed by atoms with Crippen molar-refractivity contribution < 1.29 is 4.79 Å². The van der Waals surface area contributed by atoms with Crippen LogP contribution in [-0.2, 0) is 7.05 Å². The molecule has 0 aliphatic carbocycles. The smallest absolute Gasteiger partial charge is 0.257 e. The Kier molecular flexibility index (Phi) is 2.73. The Bertz CT molecular complexity index is 354. The number of rotatable bonds is 2. The Labute approximate surface area is 89.1 Å². The number of amides is 1. The van der Waals surface area contributed by atoms with Gasteiger partial charge < -0.3 is 10.2 Å². The highest BCUT2D eigenvalue weighted by Gasteiger charge is 2.24. The quantitative estimate of drug-likeness (QED) is 0.735. The molecule has 1 aliphatic rings. The van der Waals surface area contributed by atoms with Crippen LogP contribution in [-0.4, -0.2) is 46.8 Å². The van der Waals surface area contributed by atoms with Gasteiger partial charge >= 0.3 is 0 Å². The molecule has 1 unspecified atom stereocenters. The summed E-state index contributed by atoms with van der Waals surface area (Å²) in [6, 6.07) is 0.317. The molecule has 15 heavy (non-hydrogen) atoms. The molecule has 1 aliphatic heterocycles. The highest BCUT2D eigenvalue weighted by molar-refractivity contribution is 5.93. The number of hydrogen-bond donors (Lipinski definition) is 1. The fourth-order valence-corrected chi connectivity index (χ4v) is 1.87. The molecule has 1 fully saturated rings. The number of carbonyl (C=O) groups is 1. The van der Waals surface area contributed by atoms with E-state index in [-0.39, 0.29) is 5.91 Å². The second-order valence-electron chi connectivity index (χ2n) is 3.97. The van der Waals surface area contributed by atoms with Crippen molar-refractivity contribution in [1.29, 1.82) is 0 Å². The molecule has 5 nitrogen and oxygen atoms in total. The monoisotopic (exact) mass is 208 g/mol. The van der Waals surface area contributed by atoms with E-state index in [4.69, 9.17) is 0 Å². The van der Waals surface area contributed by atoms with Gasteiger partial charge in [0.2, 0.25) is 0 Å². The van der Waals surface area contributed by atoms with Crippen LogP contribution in [0.4, 0.5) is 0 Å². The van der Waals surface area contributed by atoms with Gasteiger partial charge in [0.1, 0.15) is 0 Å². The molecular formula is C10H16N4O. The van der Waals surface area contributed by atoms with Crippen molar-refractivity contribution in [3.8, 4) is 0 Å². The third-order valence-corrected chi connectivity index (χ3v) is 2.85. The number of nitrogens with zero attached hydrogens (tertiary/aromatic N) is 3. The van der Waals surface area contributed by atoms with Crippen LogP contribution in [0.25, 0.3) is 0 Å². The summed E-state index contributed by atoms with van der Waals surface area (Å²) in [6.45, 7) is 1.89. The van der Waals surface area contributed by atoms with Gasteiger partial charge in [0.15, 0.2) is 0 Å². The van der Waals surface area contributed by atoms with Gasteiger partial charge in [-0.3, -0.25) is 9.48 Å². The Balaban J connectivity index is 2.06. The zero-order valence-electron chi connectivity index (χ0n) is 9.10. The number of hydrogen-bond acceptors (Lipinski definition) is 3. The maximum Gasteiger partial charge on any atom is 0.257 e. The normalized spacial score (nSPS) is 20.5. The second-order valence-corrected chi connectivity index (χ2v) is 3.97. The van der Waals surface area contributed by atoms with E-state index in [9.17, 15) is 4.79 Å². The Morgan fingerprint density at radius 2 is 2.53 bits per heavy atom. The van der Waals surface area contributed by atoms with Crippen molar-refractivity contribution in [3.05, 3.63) is 18.0 Å². The summed E-state index contributed by atoms with van der Waals surface area (Å²) in [4.78, 5) is 13.8. The highest BCUT2D eigenvalue weighted by atomic mass is 16.2. The molecule has 0 bridgehead atoms. The van der Waals surface area contributed by atoms with Gasteiger partial charge in [-0.15, -0.1) is 0 Å². The number of carbonyl (C=O) groups excluding carboxylic acids is 1. The molecule has 0 radical (unpaired) electrons. The zero-order valence-corrected chi connectivity index (χ0v) is 9.10. The first-order valence-corrected chi connectivity index (χ1v) is 5.15. The molecule has 1 N–H and O–H groups in total. The van der Waals surface area contributed by atoms with Crippen LogP contribution in [0, 0.1) is 0 Å². The first kappa shape index (κ1) is 10.2. The largest absolute Gasteiger partial charge is 0.337 e. The molecule has 2 heterocycles. The lowest BCUT2D eigenvalue weighted by atomic mass is 10.2. The van der Waals surface area contributed by atoms with Crippen molar-refractivity contribution in [2.45, 2.75) is 12.5 Å². The van der Waals surface area contributed by atoms with E-state index in [0.29, 0.717) is 11.6 Å². The molecule has 2 rings (SSSR count). The van der Waals surface area contributed by atoms with Gasteiger partial charge in [0, 0.05) is 32.9 Å². The van der Waals surface area contributed by atoms with E-state index in [1.54, 1.807) is 22.0 Å². The molecule has 0 saturated carbocycles. The Morgan fingerprint density at radius 3 is 3.07 bits per heavy atom. The van der Waals surface area contributed by atoms with Gasteiger partial charge in [-0.05, 0) is 13.0 Å². The van der Waals surface area contributed by atoms with E-state index in [2.05, 4.69) is 10.4 Å². The van der Waals surface area contributed by atoms with E-state index in [1.807, 2.05) is 14.1 Å². The average molecular weight is 208 g/mol. The molecular weight excluding hydrogens is 192 g/mol. The summed E-state index contributed by atoms with van der Waals surface area (Å²) < 4.78 is 1.65. The molecule has 1 atom stereocenters. The molecule has 0 spiro atoms. The highest BCUT2D eigenvalue weighted by Crippen LogP contribution is 2.10. The SMILES string of the molecule is CN(C(=O)c1cnn(C)c1)C1CCNC1. The molecule has 1 aromatic rings. The fraction of sp³-hybridized carbons (Fsp3) is 0.600. The van der Waals surface area contributed by atoms with Crippen molar-refractivity contribution in [1.82, 2.24) is 20.0 Å². The van der Waals surface area contributed by atoms with Gasteiger partial charge in [0.25, 0.3) is 5.91 Å². The summed E-state index contributed by atoms with van der Waals surface area (Å²) in [5, 5.41) is 7.25. The molecule has 1 aromatic heterocycles. The van der Waals surface area contributed by atoms with Gasteiger partial charge in [-0.25, -0.2) is 0 Å². The summed E-state index contributed by atoms with van der Waals surface area (Å²) in [7, 11) is 3.67. The summed E-state index contributed by atoms with van der Waals surface area (Å²) >= 11 is 0. The van der Waals surface area contributed by atoms with Gasteiger partial charge in [-0.2, -0.15) is 5.10 Å². The maximum atomic E-state index is 12.0. The lowest BCUT2D eigenvalue weighted by molar-refractivity contribution is 0.0743.